The summed E-state index contributed by atoms with van der Waals surface area (Å²) in [4.78, 5) is 25.6. The Labute approximate surface area is 115 Å². The number of hydrogen-bond acceptors (Lipinski definition) is 3. The Bertz CT molecular complexity index is 320. The molecule has 0 aromatic rings. The van der Waals surface area contributed by atoms with E-state index in [-0.39, 0.29) is 23.7 Å². The summed E-state index contributed by atoms with van der Waals surface area (Å²) in [5, 5.41) is 2.61. The summed E-state index contributed by atoms with van der Waals surface area (Å²) >= 11 is 0. The predicted octanol–water partition coefficient (Wildman–Crippen LogP) is 0.592. The number of amides is 2. The van der Waals surface area contributed by atoms with Crippen molar-refractivity contribution in [1.29, 1.82) is 0 Å². The second-order valence-corrected chi connectivity index (χ2v) is 5.62. The van der Waals surface area contributed by atoms with Crippen LogP contribution in [0.1, 0.15) is 32.6 Å². The van der Waals surface area contributed by atoms with Gasteiger partial charge in [-0.05, 0) is 25.3 Å². The summed E-state index contributed by atoms with van der Waals surface area (Å²) in [5.41, 5.74) is 5.77. The van der Waals surface area contributed by atoms with E-state index in [2.05, 4.69) is 5.32 Å². The van der Waals surface area contributed by atoms with Gasteiger partial charge in [0.05, 0.1) is 5.92 Å². The van der Waals surface area contributed by atoms with E-state index in [1.54, 1.807) is 19.0 Å². The van der Waals surface area contributed by atoms with Gasteiger partial charge in [-0.3, -0.25) is 9.59 Å². The van der Waals surface area contributed by atoms with Crippen LogP contribution in [0.3, 0.4) is 0 Å². The molecule has 5 heteroatoms. The highest BCUT2D eigenvalue weighted by Gasteiger charge is 2.32. The zero-order chi connectivity index (χ0) is 14.4. The Hall–Kier alpha value is -1.10. The zero-order valence-corrected chi connectivity index (χ0v) is 12.3. The lowest BCUT2D eigenvalue weighted by Crippen LogP contribution is -2.43. The van der Waals surface area contributed by atoms with Crippen LogP contribution in [0.4, 0.5) is 0 Å². The van der Waals surface area contributed by atoms with Crippen LogP contribution in [0.25, 0.3) is 0 Å². The minimum atomic E-state index is -0.182. The number of hydrogen-bond donors (Lipinski definition) is 2. The second kappa shape index (κ2) is 7.48. The summed E-state index contributed by atoms with van der Waals surface area (Å²) in [5.74, 6) is 0.281. The first-order valence-corrected chi connectivity index (χ1v) is 7.17. The topological polar surface area (TPSA) is 75.4 Å². The fourth-order valence-corrected chi connectivity index (χ4v) is 2.93. The van der Waals surface area contributed by atoms with Crippen LogP contribution >= 0.6 is 0 Å². The maximum atomic E-state index is 12.5. The third-order valence-corrected chi connectivity index (χ3v) is 4.15. The monoisotopic (exact) mass is 269 g/mol. The van der Waals surface area contributed by atoms with Crippen molar-refractivity contribution in [3.8, 4) is 0 Å². The highest BCUT2D eigenvalue weighted by molar-refractivity contribution is 5.81. The number of carbonyl (C=O) groups is 2. The summed E-state index contributed by atoms with van der Waals surface area (Å²) in [7, 11) is 3.40. The predicted molar refractivity (Wildman–Crippen MR) is 75.4 cm³/mol. The van der Waals surface area contributed by atoms with Gasteiger partial charge in [0.1, 0.15) is 0 Å². The SMILES string of the molecule is CNC(=O)C(C)CN(C)C(=O)C1CCCCC1CN. The first kappa shape index (κ1) is 16.0. The second-order valence-electron chi connectivity index (χ2n) is 5.62. The molecule has 1 aliphatic carbocycles. The Morgan fingerprint density at radius 2 is 2.00 bits per heavy atom. The van der Waals surface area contributed by atoms with Crippen LogP contribution in [0, 0.1) is 17.8 Å². The van der Waals surface area contributed by atoms with Crippen LogP contribution in [-0.4, -0.2) is 43.9 Å². The van der Waals surface area contributed by atoms with E-state index >= 15 is 0 Å². The van der Waals surface area contributed by atoms with Gasteiger partial charge in [0.15, 0.2) is 0 Å². The highest BCUT2D eigenvalue weighted by atomic mass is 16.2. The van der Waals surface area contributed by atoms with E-state index in [0.717, 1.165) is 19.3 Å². The van der Waals surface area contributed by atoms with Crippen molar-refractivity contribution in [2.75, 3.05) is 27.2 Å². The summed E-state index contributed by atoms with van der Waals surface area (Å²) < 4.78 is 0. The van der Waals surface area contributed by atoms with Gasteiger partial charge < -0.3 is 16.0 Å². The van der Waals surface area contributed by atoms with Crippen LogP contribution in [0.15, 0.2) is 0 Å². The van der Waals surface area contributed by atoms with Crippen molar-refractivity contribution < 1.29 is 9.59 Å². The highest BCUT2D eigenvalue weighted by Crippen LogP contribution is 2.30. The average molecular weight is 269 g/mol. The number of carbonyl (C=O) groups excluding carboxylic acids is 2. The fraction of sp³-hybridized carbons (Fsp3) is 0.857. The van der Waals surface area contributed by atoms with Crippen molar-refractivity contribution >= 4 is 11.8 Å². The van der Waals surface area contributed by atoms with E-state index < -0.39 is 0 Å². The number of rotatable bonds is 5. The molecule has 0 aromatic carbocycles. The first-order valence-electron chi connectivity index (χ1n) is 7.17. The van der Waals surface area contributed by atoms with Crippen molar-refractivity contribution in [2.45, 2.75) is 32.6 Å². The molecule has 3 atom stereocenters. The maximum Gasteiger partial charge on any atom is 0.225 e. The van der Waals surface area contributed by atoms with Gasteiger partial charge in [0.25, 0.3) is 0 Å². The number of nitrogens with two attached hydrogens (primary N) is 1. The molecule has 1 saturated carbocycles. The maximum absolute atomic E-state index is 12.5. The largest absolute Gasteiger partial charge is 0.359 e. The van der Waals surface area contributed by atoms with E-state index in [9.17, 15) is 9.59 Å². The van der Waals surface area contributed by atoms with Gasteiger partial charge >= 0.3 is 0 Å². The summed E-state index contributed by atoms with van der Waals surface area (Å²) in [6, 6.07) is 0. The summed E-state index contributed by atoms with van der Waals surface area (Å²) in [6.07, 6.45) is 4.25. The molecule has 0 spiro atoms. The Morgan fingerprint density at radius 3 is 2.58 bits per heavy atom. The molecule has 0 saturated heterocycles. The normalized spacial score (nSPS) is 24.6. The molecule has 1 aliphatic rings. The van der Waals surface area contributed by atoms with Gasteiger partial charge in [0.2, 0.25) is 11.8 Å². The van der Waals surface area contributed by atoms with Crippen molar-refractivity contribution in [3.05, 3.63) is 0 Å². The van der Waals surface area contributed by atoms with E-state index in [1.165, 1.54) is 6.42 Å². The first-order chi connectivity index (χ1) is 9.01. The average Bonchev–Trinajstić information content (AvgIpc) is 2.45. The lowest BCUT2D eigenvalue weighted by Gasteiger charge is -2.33. The van der Waals surface area contributed by atoms with E-state index in [0.29, 0.717) is 19.0 Å². The molecule has 1 rings (SSSR count). The fourth-order valence-electron chi connectivity index (χ4n) is 2.93. The molecule has 1 fully saturated rings. The molecule has 0 aliphatic heterocycles. The lowest BCUT2D eigenvalue weighted by molar-refractivity contribution is -0.138. The minimum absolute atomic E-state index is 0.0290. The Kier molecular flexibility index (Phi) is 6.28. The van der Waals surface area contributed by atoms with E-state index in [1.807, 2.05) is 6.92 Å². The third-order valence-electron chi connectivity index (χ3n) is 4.15. The molecular formula is C14H27N3O2. The van der Waals surface area contributed by atoms with Crippen LogP contribution in [0.2, 0.25) is 0 Å². The molecular weight excluding hydrogens is 242 g/mol. The molecule has 19 heavy (non-hydrogen) atoms. The van der Waals surface area contributed by atoms with Crippen molar-refractivity contribution in [2.24, 2.45) is 23.5 Å². The van der Waals surface area contributed by atoms with Gasteiger partial charge in [-0.15, -0.1) is 0 Å². The molecule has 2 amide bonds. The number of nitrogens with zero attached hydrogens (tertiary/aromatic N) is 1. The minimum Gasteiger partial charge on any atom is -0.359 e. The molecule has 3 N–H and O–H groups in total. The lowest BCUT2D eigenvalue weighted by atomic mass is 9.78. The van der Waals surface area contributed by atoms with Gasteiger partial charge in [0, 0.05) is 26.6 Å². The van der Waals surface area contributed by atoms with Gasteiger partial charge in [-0.25, -0.2) is 0 Å². The summed E-state index contributed by atoms with van der Waals surface area (Å²) in [6.45, 7) is 2.88. The van der Waals surface area contributed by atoms with Crippen LogP contribution in [0.5, 0.6) is 0 Å². The molecule has 0 bridgehead atoms. The standard InChI is InChI=1S/C14H27N3O2/c1-10(13(18)16-2)9-17(3)14(19)12-7-5-4-6-11(12)8-15/h10-12H,4-9,15H2,1-3H3,(H,16,18). The molecule has 3 unspecified atom stereocenters. The molecule has 0 radical (unpaired) electrons. The van der Waals surface area contributed by atoms with Crippen molar-refractivity contribution in [3.63, 3.8) is 0 Å². The van der Waals surface area contributed by atoms with Crippen molar-refractivity contribution in [1.82, 2.24) is 10.2 Å². The molecule has 0 aromatic heterocycles. The van der Waals surface area contributed by atoms with Gasteiger partial charge in [-0.2, -0.15) is 0 Å². The Balaban J connectivity index is 2.57. The zero-order valence-electron chi connectivity index (χ0n) is 12.3. The molecule has 0 heterocycles. The van der Waals surface area contributed by atoms with Crippen LogP contribution < -0.4 is 11.1 Å². The Morgan fingerprint density at radius 1 is 1.37 bits per heavy atom. The third kappa shape index (κ3) is 4.20. The molecule has 110 valence electrons. The quantitative estimate of drug-likeness (QED) is 0.767. The molecule has 5 nitrogen and oxygen atoms in total. The smallest absolute Gasteiger partial charge is 0.225 e. The number of nitrogens with one attached hydrogen (secondary N) is 1. The van der Waals surface area contributed by atoms with Crippen LogP contribution in [-0.2, 0) is 9.59 Å². The van der Waals surface area contributed by atoms with Gasteiger partial charge in [-0.1, -0.05) is 19.8 Å². The van der Waals surface area contributed by atoms with E-state index in [4.69, 9.17) is 5.73 Å².